The highest BCUT2D eigenvalue weighted by Crippen LogP contribution is 2.15. The number of hydrogen-bond acceptors (Lipinski definition) is 3. The molecule has 72 valence electrons. The number of nitrogens with zero attached hydrogens (tertiary/aromatic N) is 1. The number of Topliss-reactive ketones (excluding diaryl/α,β-unsaturated/α-hetero) is 1. The third-order valence-electron chi connectivity index (χ3n) is 2.18. The van der Waals surface area contributed by atoms with Crippen molar-refractivity contribution in [3.05, 3.63) is 36.2 Å². The standard InChI is InChI=1S/C11H12N2O/c14-10-6-2-1-5-9(10)13-11-7-3-4-8-12-11/h3-5,7-8H,1-2,6H2,(H,12,13). The Balaban J connectivity index is 2.11. The number of pyridine rings is 1. The molecular formula is C11H12N2O. The molecule has 0 amide bonds. The van der Waals surface area contributed by atoms with Crippen molar-refractivity contribution in [2.45, 2.75) is 19.3 Å². The number of anilines is 1. The van der Waals surface area contributed by atoms with Gasteiger partial charge >= 0.3 is 0 Å². The quantitative estimate of drug-likeness (QED) is 0.773. The fourth-order valence-corrected chi connectivity index (χ4v) is 1.45. The number of ketones is 1. The first-order valence-corrected chi connectivity index (χ1v) is 4.78. The van der Waals surface area contributed by atoms with Crippen LogP contribution in [0.2, 0.25) is 0 Å². The minimum atomic E-state index is 0.182. The smallest absolute Gasteiger partial charge is 0.178 e. The van der Waals surface area contributed by atoms with Crippen LogP contribution < -0.4 is 5.32 Å². The van der Waals surface area contributed by atoms with Gasteiger partial charge in [0.1, 0.15) is 5.82 Å². The highest BCUT2D eigenvalue weighted by molar-refractivity contribution is 5.98. The van der Waals surface area contributed by atoms with Crippen LogP contribution in [0.25, 0.3) is 0 Å². The van der Waals surface area contributed by atoms with Crippen LogP contribution in [-0.4, -0.2) is 10.8 Å². The molecular weight excluding hydrogens is 176 g/mol. The molecule has 0 aliphatic heterocycles. The maximum absolute atomic E-state index is 11.4. The van der Waals surface area contributed by atoms with Gasteiger partial charge in [0.15, 0.2) is 5.78 Å². The Morgan fingerprint density at radius 1 is 1.36 bits per heavy atom. The summed E-state index contributed by atoms with van der Waals surface area (Å²) < 4.78 is 0. The second kappa shape index (κ2) is 4.05. The lowest BCUT2D eigenvalue weighted by molar-refractivity contribution is -0.115. The van der Waals surface area contributed by atoms with E-state index in [1.807, 2.05) is 24.3 Å². The second-order valence-electron chi connectivity index (χ2n) is 3.27. The van der Waals surface area contributed by atoms with Gasteiger partial charge in [0.25, 0.3) is 0 Å². The molecule has 1 N–H and O–H groups in total. The van der Waals surface area contributed by atoms with Crippen molar-refractivity contribution in [1.29, 1.82) is 0 Å². The molecule has 0 bridgehead atoms. The van der Waals surface area contributed by atoms with E-state index >= 15 is 0 Å². The van der Waals surface area contributed by atoms with E-state index in [9.17, 15) is 4.79 Å². The van der Waals surface area contributed by atoms with Gasteiger partial charge in [0, 0.05) is 12.6 Å². The molecule has 1 aromatic heterocycles. The fraction of sp³-hybridized carbons (Fsp3) is 0.273. The highest BCUT2D eigenvalue weighted by Gasteiger charge is 2.13. The molecule has 1 heterocycles. The van der Waals surface area contributed by atoms with Gasteiger partial charge in [0.2, 0.25) is 0 Å². The number of hydrogen-bond donors (Lipinski definition) is 1. The first-order valence-electron chi connectivity index (χ1n) is 4.78. The van der Waals surface area contributed by atoms with Crippen LogP contribution in [0.15, 0.2) is 36.2 Å². The molecule has 0 saturated carbocycles. The van der Waals surface area contributed by atoms with Gasteiger partial charge in [-0.25, -0.2) is 4.98 Å². The van der Waals surface area contributed by atoms with Crippen LogP contribution in [0.5, 0.6) is 0 Å². The van der Waals surface area contributed by atoms with Crippen molar-refractivity contribution in [2.75, 3.05) is 5.32 Å². The lowest BCUT2D eigenvalue weighted by atomic mass is 10.0. The average Bonchev–Trinajstić information content (AvgIpc) is 2.23. The summed E-state index contributed by atoms with van der Waals surface area (Å²) in [7, 11) is 0. The predicted molar refractivity (Wildman–Crippen MR) is 54.8 cm³/mol. The predicted octanol–water partition coefficient (Wildman–Crippen LogP) is 2.13. The van der Waals surface area contributed by atoms with E-state index in [0.29, 0.717) is 12.1 Å². The van der Waals surface area contributed by atoms with E-state index in [4.69, 9.17) is 0 Å². The molecule has 3 nitrogen and oxygen atoms in total. The zero-order valence-corrected chi connectivity index (χ0v) is 7.86. The Morgan fingerprint density at radius 3 is 3.00 bits per heavy atom. The van der Waals surface area contributed by atoms with Crippen LogP contribution >= 0.6 is 0 Å². The van der Waals surface area contributed by atoms with Crippen molar-refractivity contribution < 1.29 is 4.79 Å². The lowest BCUT2D eigenvalue weighted by Crippen LogP contribution is -2.14. The molecule has 0 fully saturated rings. The van der Waals surface area contributed by atoms with Crippen molar-refractivity contribution in [3.8, 4) is 0 Å². The van der Waals surface area contributed by atoms with E-state index in [-0.39, 0.29) is 5.78 Å². The summed E-state index contributed by atoms with van der Waals surface area (Å²) >= 11 is 0. The molecule has 3 heteroatoms. The molecule has 0 aromatic carbocycles. The summed E-state index contributed by atoms with van der Waals surface area (Å²) in [4.78, 5) is 15.5. The first-order chi connectivity index (χ1) is 6.86. The van der Waals surface area contributed by atoms with Crippen LogP contribution in [0, 0.1) is 0 Å². The summed E-state index contributed by atoms with van der Waals surface area (Å²) in [6.45, 7) is 0. The van der Waals surface area contributed by atoms with Crippen LogP contribution in [0.4, 0.5) is 5.82 Å². The lowest BCUT2D eigenvalue weighted by Gasteiger charge is -2.12. The highest BCUT2D eigenvalue weighted by atomic mass is 16.1. The molecule has 0 atom stereocenters. The summed E-state index contributed by atoms with van der Waals surface area (Å²) in [5.74, 6) is 0.913. The fourth-order valence-electron chi connectivity index (χ4n) is 1.45. The van der Waals surface area contributed by atoms with Gasteiger partial charge in [-0.05, 0) is 25.0 Å². The van der Waals surface area contributed by atoms with Crippen molar-refractivity contribution >= 4 is 11.6 Å². The number of allylic oxidation sites excluding steroid dienone is 2. The zero-order valence-electron chi connectivity index (χ0n) is 7.86. The maximum Gasteiger partial charge on any atom is 0.178 e. The molecule has 1 aliphatic rings. The Hall–Kier alpha value is -1.64. The van der Waals surface area contributed by atoms with Gasteiger partial charge in [-0.15, -0.1) is 0 Å². The number of aromatic nitrogens is 1. The normalized spacial score (nSPS) is 16.3. The second-order valence-corrected chi connectivity index (χ2v) is 3.27. The van der Waals surface area contributed by atoms with E-state index in [1.54, 1.807) is 6.20 Å². The number of rotatable bonds is 2. The Morgan fingerprint density at radius 2 is 2.29 bits per heavy atom. The molecule has 0 spiro atoms. The van der Waals surface area contributed by atoms with Crippen LogP contribution in [0.3, 0.4) is 0 Å². The van der Waals surface area contributed by atoms with Gasteiger partial charge in [-0.3, -0.25) is 4.79 Å². The Bertz CT molecular complexity index is 357. The van der Waals surface area contributed by atoms with Crippen molar-refractivity contribution in [3.63, 3.8) is 0 Å². The summed E-state index contributed by atoms with van der Waals surface area (Å²) in [5.41, 5.74) is 0.690. The van der Waals surface area contributed by atoms with E-state index < -0.39 is 0 Å². The number of carbonyl (C=O) groups excluding carboxylic acids is 1. The molecule has 1 aliphatic carbocycles. The third kappa shape index (κ3) is 1.99. The molecule has 1 aromatic rings. The minimum Gasteiger partial charge on any atom is -0.338 e. The van der Waals surface area contributed by atoms with Crippen molar-refractivity contribution in [1.82, 2.24) is 4.98 Å². The first kappa shape index (κ1) is 8.94. The van der Waals surface area contributed by atoms with Gasteiger partial charge < -0.3 is 5.32 Å². The zero-order chi connectivity index (χ0) is 9.80. The SMILES string of the molecule is O=C1CCCC=C1Nc1ccccn1. The summed E-state index contributed by atoms with van der Waals surface area (Å²) in [5, 5.41) is 3.03. The molecule has 0 unspecified atom stereocenters. The minimum absolute atomic E-state index is 0.182. The Labute approximate surface area is 82.9 Å². The van der Waals surface area contributed by atoms with Crippen LogP contribution in [0.1, 0.15) is 19.3 Å². The van der Waals surface area contributed by atoms with E-state index in [0.717, 1.165) is 18.7 Å². The largest absolute Gasteiger partial charge is 0.338 e. The topological polar surface area (TPSA) is 42.0 Å². The number of nitrogens with one attached hydrogen (secondary N) is 1. The monoisotopic (exact) mass is 188 g/mol. The summed E-state index contributed by atoms with van der Waals surface area (Å²) in [6, 6.07) is 5.59. The summed E-state index contributed by atoms with van der Waals surface area (Å²) in [6.07, 6.45) is 6.23. The van der Waals surface area contributed by atoms with Gasteiger partial charge in [0.05, 0.1) is 5.70 Å². The van der Waals surface area contributed by atoms with Crippen molar-refractivity contribution in [2.24, 2.45) is 0 Å². The van der Waals surface area contributed by atoms with Crippen LogP contribution in [-0.2, 0) is 4.79 Å². The van der Waals surface area contributed by atoms with E-state index in [1.165, 1.54) is 0 Å². The molecule has 0 radical (unpaired) electrons. The molecule has 0 saturated heterocycles. The number of carbonyl (C=O) groups is 1. The Kier molecular flexibility index (Phi) is 2.58. The van der Waals surface area contributed by atoms with Gasteiger partial charge in [-0.1, -0.05) is 12.1 Å². The molecule has 2 rings (SSSR count). The average molecular weight is 188 g/mol. The molecule has 14 heavy (non-hydrogen) atoms. The third-order valence-corrected chi connectivity index (χ3v) is 2.18. The maximum atomic E-state index is 11.4. The van der Waals surface area contributed by atoms with E-state index in [2.05, 4.69) is 10.3 Å². The van der Waals surface area contributed by atoms with Gasteiger partial charge in [-0.2, -0.15) is 0 Å².